The molecular formula is C13H21N4O+. The van der Waals surface area contributed by atoms with Crippen LogP contribution in [0.25, 0.3) is 0 Å². The molecule has 5 nitrogen and oxygen atoms in total. The zero-order chi connectivity index (χ0) is 13.1. The molecule has 2 heterocycles. The van der Waals surface area contributed by atoms with Gasteiger partial charge < -0.3 is 15.7 Å². The molecule has 1 aliphatic rings. The van der Waals surface area contributed by atoms with Crippen LogP contribution in [0.3, 0.4) is 0 Å². The molecule has 0 amide bonds. The quantitative estimate of drug-likeness (QED) is 0.468. The number of nitrogen functional groups attached to an aromatic ring is 1. The van der Waals surface area contributed by atoms with E-state index >= 15 is 0 Å². The summed E-state index contributed by atoms with van der Waals surface area (Å²) in [6, 6.07) is 1.93. The summed E-state index contributed by atoms with van der Waals surface area (Å²) in [5, 5.41) is 10.1. The number of aliphatic hydroxyl groups is 1. The largest absolute Gasteiger partial charge is 0.463 e. The fraction of sp³-hybridized carbons (Fsp3) is 0.538. The van der Waals surface area contributed by atoms with Gasteiger partial charge >= 0.3 is 5.90 Å². The van der Waals surface area contributed by atoms with E-state index in [4.69, 9.17) is 5.73 Å². The molecular weight excluding hydrogens is 228 g/mol. The zero-order valence-corrected chi connectivity index (χ0v) is 11.0. The zero-order valence-electron chi connectivity index (χ0n) is 11.0. The lowest BCUT2D eigenvalue weighted by atomic mass is 9.97. The van der Waals surface area contributed by atoms with Gasteiger partial charge in [0.05, 0.1) is 23.5 Å². The second-order valence-corrected chi connectivity index (χ2v) is 4.97. The number of pyridine rings is 1. The van der Waals surface area contributed by atoms with Gasteiger partial charge in [0, 0.05) is 19.3 Å². The summed E-state index contributed by atoms with van der Waals surface area (Å²) >= 11 is 0. The molecule has 1 aliphatic heterocycles. The standard InChI is InChI=1S/C13H20N4O/c1-16(2)13(18)10-4-3-7-17(9-10)12-5-6-15-8-11(12)14/h5-6,8,10H,3-4,7,9,14H2,1-2H3/p+1. The van der Waals surface area contributed by atoms with Gasteiger partial charge in [-0.05, 0) is 18.9 Å². The van der Waals surface area contributed by atoms with E-state index in [1.54, 1.807) is 17.0 Å². The molecule has 0 radical (unpaired) electrons. The summed E-state index contributed by atoms with van der Waals surface area (Å²) < 4.78 is 1.78. The van der Waals surface area contributed by atoms with Gasteiger partial charge in [0.15, 0.2) is 0 Å². The van der Waals surface area contributed by atoms with Crippen molar-refractivity contribution in [1.82, 2.24) is 4.98 Å². The van der Waals surface area contributed by atoms with Crippen molar-refractivity contribution in [2.75, 3.05) is 37.8 Å². The van der Waals surface area contributed by atoms with E-state index in [1.165, 1.54) is 0 Å². The third-order valence-electron chi connectivity index (χ3n) is 3.41. The van der Waals surface area contributed by atoms with Crippen LogP contribution >= 0.6 is 0 Å². The summed E-state index contributed by atoms with van der Waals surface area (Å²) in [5.41, 5.74) is 7.66. The summed E-state index contributed by atoms with van der Waals surface area (Å²) in [7, 11) is 3.74. The number of rotatable bonds is 2. The molecule has 0 spiro atoms. The third kappa shape index (κ3) is 2.55. The van der Waals surface area contributed by atoms with Gasteiger partial charge in [0.1, 0.15) is 14.1 Å². The number of aromatic nitrogens is 1. The van der Waals surface area contributed by atoms with Crippen molar-refractivity contribution in [2.24, 2.45) is 5.92 Å². The van der Waals surface area contributed by atoms with Crippen LogP contribution in [0, 0.1) is 5.92 Å². The molecule has 0 saturated carbocycles. The smallest absolute Gasteiger partial charge is 0.338 e. The van der Waals surface area contributed by atoms with Gasteiger partial charge in [-0.15, -0.1) is 0 Å². The van der Waals surface area contributed by atoms with Crippen molar-refractivity contribution in [3.63, 3.8) is 0 Å². The number of piperidine rings is 1. The lowest BCUT2D eigenvalue weighted by molar-refractivity contribution is -0.476. The fourth-order valence-electron chi connectivity index (χ4n) is 2.46. The molecule has 18 heavy (non-hydrogen) atoms. The average Bonchev–Trinajstić information content (AvgIpc) is 2.38. The van der Waals surface area contributed by atoms with Crippen molar-refractivity contribution in [2.45, 2.75) is 12.8 Å². The first-order valence-corrected chi connectivity index (χ1v) is 6.27. The Morgan fingerprint density at radius 1 is 1.56 bits per heavy atom. The highest BCUT2D eigenvalue weighted by Gasteiger charge is 2.29. The summed E-state index contributed by atoms with van der Waals surface area (Å²) in [4.78, 5) is 6.23. The van der Waals surface area contributed by atoms with E-state index < -0.39 is 0 Å². The van der Waals surface area contributed by atoms with Gasteiger partial charge in [0.25, 0.3) is 0 Å². The first kappa shape index (κ1) is 12.7. The average molecular weight is 249 g/mol. The first-order valence-electron chi connectivity index (χ1n) is 6.27. The third-order valence-corrected chi connectivity index (χ3v) is 3.41. The summed E-state index contributed by atoms with van der Waals surface area (Å²) in [5.74, 6) is 0.633. The Morgan fingerprint density at radius 3 is 3.00 bits per heavy atom. The normalized spacial score (nSPS) is 19.7. The van der Waals surface area contributed by atoms with E-state index in [-0.39, 0.29) is 5.92 Å². The minimum Gasteiger partial charge on any atom is -0.463 e. The monoisotopic (exact) mass is 249 g/mol. The fourth-order valence-corrected chi connectivity index (χ4v) is 2.46. The molecule has 5 heteroatoms. The number of anilines is 2. The molecule has 0 aliphatic carbocycles. The Labute approximate surface area is 108 Å². The van der Waals surface area contributed by atoms with Crippen LogP contribution in [0.2, 0.25) is 0 Å². The van der Waals surface area contributed by atoms with Crippen LogP contribution < -0.4 is 10.6 Å². The van der Waals surface area contributed by atoms with Crippen LogP contribution in [0.5, 0.6) is 0 Å². The number of nitrogens with zero attached hydrogens (tertiary/aromatic N) is 3. The molecule has 2 rings (SSSR count). The van der Waals surface area contributed by atoms with E-state index in [2.05, 4.69) is 9.88 Å². The van der Waals surface area contributed by atoms with Crippen molar-refractivity contribution in [1.29, 1.82) is 0 Å². The van der Waals surface area contributed by atoms with Gasteiger partial charge in [0.2, 0.25) is 0 Å². The Kier molecular flexibility index (Phi) is 3.69. The van der Waals surface area contributed by atoms with Gasteiger partial charge in [-0.2, -0.15) is 0 Å². The van der Waals surface area contributed by atoms with Gasteiger partial charge in [-0.25, -0.2) is 4.58 Å². The van der Waals surface area contributed by atoms with Gasteiger partial charge in [-0.3, -0.25) is 4.98 Å². The highest BCUT2D eigenvalue weighted by atomic mass is 16.3. The molecule has 3 N–H and O–H groups in total. The molecule has 0 aromatic carbocycles. The maximum atomic E-state index is 10.1. The van der Waals surface area contributed by atoms with Crippen molar-refractivity contribution in [3.05, 3.63) is 18.5 Å². The van der Waals surface area contributed by atoms with Crippen LogP contribution in [0.4, 0.5) is 11.4 Å². The predicted molar refractivity (Wildman–Crippen MR) is 73.3 cm³/mol. The summed E-state index contributed by atoms with van der Waals surface area (Å²) in [6.07, 6.45) is 5.51. The van der Waals surface area contributed by atoms with E-state index in [0.717, 1.165) is 31.6 Å². The molecule has 1 atom stereocenters. The van der Waals surface area contributed by atoms with Crippen molar-refractivity contribution in [3.8, 4) is 0 Å². The minimum atomic E-state index is 0.182. The Hall–Kier alpha value is -1.78. The highest BCUT2D eigenvalue weighted by Crippen LogP contribution is 2.27. The molecule has 1 aromatic rings. The number of aliphatic hydroxyl groups excluding tert-OH is 1. The molecule has 1 unspecified atom stereocenters. The van der Waals surface area contributed by atoms with Gasteiger partial charge in [-0.1, -0.05) is 0 Å². The van der Waals surface area contributed by atoms with E-state index in [1.807, 2.05) is 20.2 Å². The Bertz CT molecular complexity index is 454. The van der Waals surface area contributed by atoms with Crippen LogP contribution in [-0.4, -0.2) is 47.7 Å². The van der Waals surface area contributed by atoms with Crippen molar-refractivity contribution >= 4 is 17.3 Å². The first-order chi connectivity index (χ1) is 8.59. The molecule has 1 saturated heterocycles. The second-order valence-electron chi connectivity index (χ2n) is 4.97. The maximum absolute atomic E-state index is 10.1. The van der Waals surface area contributed by atoms with E-state index in [9.17, 15) is 5.11 Å². The molecule has 1 fully saturated rings. The van der Waals surface area contributed by atoms with Crippen LogP contribution in [0.15, 0.2) is 18.5 Å². The topological polar surface area (TPSA) is 65.4 Å². The molecule has 98 valence electrons. The Balaban J connectivity index is 2.17. The SMILES string of the molecule is C[N+](C)=C(O)C1CCCN(c2ccncc2N)C1. The van der Waals surface area contributed by atoms with E-state index in [0.29, 0.717) is 11.6 Å². The van der Waals surface area contributed by atoms with Crippen molar-refractivity contribution < 1.29 is 9.68 Å². The van der Waals surface area contributed by atoms with Crippen LogP contribution in [-0.2, 0) is 0 Å². The number of hydrogen-bond donors (Lipinski definition) is 2. The number of nitrogens with two attached hydrogens (primary N) is 1. The molecule has 1 aromatic heterocycles. The maximum Gasteiger partial charge on any atom is 0.338 e. The van der Waals surface area contributed by atoms with Crippen LogP contribution in [0.1, 0.15) is 12.8 Å². The lowest BCUT2D eigenvalue weighted by Gasteiger charge is -2.33. The number of hydrogen-bond acceptors (Lipinski definition) is 3. The summed E-state index contributed by atoms with van der Waals surface area (Å²) in [6.45, 7) is 1.78. The minimum absolute atomic E-state index is 0.182. The lowest BCUT2D eigenvalue weighted by Crippen LogP contribution is -2.41. The highest BCUT2D eigenvalue weighted by molar-refractivity contribution is 5.74. The predicted octanol–water partition coefficient (Wildman–Crippen LogP) is 1.11. The molecule has 0 bridgehead atoms. The Morgan fingerprint density at radius 2 is 2.33 bits per heavy atom. The second kappa shape index (κ2) is 5.25.